The molecule has 0 heterocycles. The molecule has 0 aromatic heterocycles. The quantitative estimate of drug-likeness (QED) is 0.448. The number of carbonyl (C=O) groups is 1. The molecule has 2 aromatic rings. The molecule has 0 spiro atoms. The maximum Gasteiger partial charge on any atom is 0.312 e. The van der Waals surface area contributed by atoms with Crippen molar-refractivity contribution in [3.63, 3.8) is 0 Å². The number of nitro benzene ring substituents is 1. The van der Waals surface area contributed by atoms with Crippen molar-refractivity contribution in [2.45, 2.75) is 0 Å². The molecule has 0 atom stereocenters. The van der Waals surface area contributed by atoms with Gasteiger partial charge in [0, 0.05) is 15.7 Å². The van der Waals surface area contributed by atoms with Crippen molar-refractivity contribution in [1.82, 2.24) is 0 Å². The second-order valence-corrected chi connectivity index (χ2v) is 5.76. The summed E-state index contributed by atoms with van der Waals surface area (Å²) in [5, 5.41) is 13.6. The Morgan fingerprint density at radius 3 is 2.64 bits per heavy atom. The van der Waals surface area contributed by atoms with Crippen molar-refractivity contribution >= 4 is 51.5 Å². The molecule has 0 aliphatic heterocycles. The van der Waals surface area contributed by atoms with Crippen molar-refractivity contribution in [1.29, 1.82) is 0 Å². The molecule has 0 unspecified atom stereocenters. The predicted molar refractivity (Wildman–Crippen MR) is 91.8 cm³/mol. The number of methoxy groups -OCH3 is 1. The lowest BCUT2D eigenvalue weighted by Crippen LogP contribution is -2.14. The van der Waals surface area contributed by atoms with E-state index >= 15 is 0 Å². The number of hydrogen-bond acceptors (Lipinski definition) is 4. The Labute approximate surface area is 144 Å². The van der Waals surface area contributed by atoms with Gasteiger partial charge < -0.3 is 10.1 Å². The summed E-state index contributed by atoms with van der Waals surface area (Å²) in [5.74, 6) is -0.338. The van der Waals surface area contributed by atoms with Crippen LogP contribution in [-0.4, -0.2) is 17.9 Å². The van der Waals surface area contributed by atoms with E-state index in [1.54, 1.807) is 18.2 Å². The van der Waals surface area contributed by atoms with E-state index < -0.39 is 4.92 Å². The van der Waals surface area contributed by atoms with Crippen molar-refractivity contribution in [3.05, 3.63) is 60.7 Å². The minimum absolute atomic E-state index is 0.0208. The van der Waals surface area contributed by atoms with E-state index in [9.17, 15) is 14.9 Å². The molecule has 0 saturated heterocycles. The van der Waals surface area contributed by atoms with Crippen LogP contribution in [0.25, 0.3) is 0 Å². The Morgan fingerprint density at radius 2 is 2.05 bits per heavy atom. The van der Waals surface area contributed by atoms with Gasteiger partial charge in [-0.25, -0.2) is 0 Å². The van der Waals surface area contributed by atoms with Crippen LogP contribution in [0.2, 0.25) is 5.02 Å². The van der Waals surface area contributed by atoms with Crippen LogP contribution in [0.3, 0.4) is 0 Å². The second kappa shape index (κ2) is 6.93. The maximum absolute atomic E-state index is 12.3. The lowest BCUT2D eigenvalue weighted by Gasteiger charge is -2.10. The molecule has 22 heavy (non-hydrogen) atoms. The summed E-state index contributed by atoms with van der Waals surface area (Å²) in [6.07, 6.45) is 0. The molecule has 114 valence electrons. The van der Waals surface area contributed by atoms with Gasteiger partial charge in [0.25, 0.3) is 5.91 Å². The van der Waals surface area contributed by atoms with Crippen LogP contribution in [0.5, 0.6) is 5.75 Å². The van der Waals surface area contributed by atoms with E-state index in [0.717, 1.165) is 9.64 Å². The molecule has 1 amide bonds. The molecule has 8 heteroatoms. The van der Waals surface area contributed by atoms with Gasteiger partial charge in [-0.2, -0.15) is 0 Å². The average Bonchev–Trinajstić information content (AvgIpc) is 2.49. The predicted octanol–water partition coefficient (Wildman–Crippen LogP) is 4.11. The van der Waals surface area contributed by atoms with Crippen LogP contribution >= 0.6 is 34.2 Å². The van der Waals surface area contributed by atoms with E-state index in [1.807, 2.05) is 28.7 Å². The van der Waals surface area contributed by atoms with Crippen molar-refractivity contribution in [2.24, 2.45) is 0 Å². The maximum atomic E-state index is 12.3. The molecule has 0 saturated carbocycles. The fraction of sp³-hybridized carbons (Fsp3) is 0.0714. The number of nitrogens with one attached hydrogen (secondary N) is 1. The molecule has 0 aliphatic carbocycles. The number of benzene rings is 2. The van der Waals surface area contributed by atoms with Gasteiger partial charge in [0.1, 0.15) is 0 Å². The largest absolute Gasteiger partial charge is 0.490 e. The summed E-state index contributed by atoms with van der Waals surface area (Å²) < 4.78 is 5.74. The monoisotopic (exact) mass is 432 g/mol. The summed E-state index contributed by atoms with van der Waals surface area (Å²) in [6, 6.07) is 9.51. The summed E-state index contributed by atoms with van der Waals surface area (Å²) >= 11 is 8.04. The van der Waals surface area contributed by atoms with Crippen LogP contribution in [-0.2, 0) is 0 Å². The molecule has 0 radical (unpaired) electrons. The molecule has 0 aliphatic rings. The normalized spacial score (nSPS) is 10.1. The number of ether oxygens (including phenoxy) is 1. The Balaban J connectivity index is 2.36. The zero-order valence-corrected chi connectivity index (χ0v) is 14.2. The fourth-order valence-electron chi connectivity index (χ4n) is 1.78. The average molecular weight is 433 g/mol. The smallest absolute Gasteiger partial charge is 0.312 e. The molecular formula is C14H10ClIN2O4. The Morgan fingerprint density at radius 1 is 1.36 bits per heavy atom. The number of halogens is 2. The minimum atomic E-state index is -0.601. The molecule has 1 N–H and O–H groups in total. The van der Waals surface area contributed by atoms with Crippen molar-refractivity contribution in [3.8, 4) is 5.75 Å². The van der Waals surface area contributed by atoms with E-state index in [4.69, 9.17) is 16.3 Å². The van der Waals surface area contributed by atoms with E-state index in [1.165, 1.54) is 13.2 Å². The standard InChI is InChI=1S/C14H10ClIN2O4/c1-22-13-7-11(9(15)6-12(13)18(20)21)17-14(19)8-4-2-3-5-10(8)16/h2-7H,1H3,(H,17,19). The topological polar surface area (TPSA) is 81.5 Å². The van der Waals surface area contributed by atoms with Gasteiger partial charge in [-0.05, 0) is 34.7 Å². The number of nitrogens with zero attached hydrogens (tertiary/aromatic N) is 1. The Bertz CT molecular complexity index is 752. The highest BCUT2D eigenvalue weighted by Crippen LogP contribution is 2.36. The summed E-state index contributed by atoms with van der Waals surface area (Å²) in [7, 11) is 1.31. The number of nitro groups is 1. The first-order chi connectivity index (χ1) is 10.4. The lowest BCUT2D eigenvalue weighted by atomic mass is 10.2. The van der Waals surface area contributed by atoms with E-state index in [-0.39, 0.29) is 28.1 Å². The number of anilines is 1. The van der Waals surface area contributed by atoms with E-state index in [0.29, 0.717) is 5.56 Å². The number of carbonyl (C=O) groups excluding carboxylic acids is 1. The first-order valence-electron chi connectivity index (χ1n) is 6.02. The van der Waals surface area contributed by atoms with Crippen molar-refractivity contribution < 1.29 is 14.5 Å². The van der Waals surface area contributed by atoms with Gasteiger partial charge in [-0.1, -0.05) is 23.7 Å². The zero-order valence-electron chi connectivity index (χ0n) is 11.3. The molecule has 2 rings (SSSR count). The van der Waals surface area contributed by atoms with Gasteiger partial charge in [-0.15, -0.1) is 0 Å². The highest BCUT2D eigenvalue weighted by Gasteiger charge is 2.20. The molecule has 0 fully saturated rings. The summed E-state index contributed by atoms with van der Waals surface area (Å²) in [5.41, 5.74) is 0.463. The van der Waals surface area contributed by atoms with Crippen molar-refractivity contribution in [2.75, 3.05) is 12.4 Å². The summed E-state index contributed by atoms with van der Waals surface area (Å²) in [6.45, 7) is 0. The fourth-order valence-corrected chi connectivity index (χ4v) is 2.62. The van der Waals surface area contributed by atoms with Gasteiger partial charge in [0.05, 0.1) is 28.3 Å². The van der Waals surface area contributed by atoms with Gasteiger partial charge in [0.15, 0.2) is 5.75 Å². The molecule has 6 nitrogen and oxygen atoms in total. The third kappa shape index (κ3) is 3.47. The van der Waals surface area contributed by atoms with Crippen LogP contribution < -0.4 is 10.1 Å². The third-order valence-corrected chi connectivity index (χ3v) is 4.09. The highest BCUT2D eigenvalue weighted by molar-refractivity contribution is 14.1. The molecule has 0 bridgehead atoms. The number of amides is 1. The Hall–Kier alpha value is -1.87. The first kappa shape index (κ1) is 16.5. The van der Waals surface area contributed by atoms with Gasteiger partial charge >= 0.3 is 5.69 Å². The zero-order chi connectivity index (χ0) is 16.3. The molecular weight excluding hydrogens is 423 g/mol. The Kier molecular flexibility index (Phi) is 5.19. The van der Waals surface area contributed by atoms with Crippen LogP contribution in [0, 0.1) is 13.7 Å². The molecule has 2 aromatic carbocycles. The SMILES string of the molecule is COc1cc(NC(=O)c2ccccc2I)c(Cl)cc1[N+](=O)[O-]. The first-order valence-corrected chi connectivity index (χ1v) is 7.47. The van der Waals surface area contributed by atoms with Crippen LogP contribution in [0.1, 0.15) is 10.4 Å². The van der Waals surface area contributed by atoms with Gasteiger partial charge in [0.2, 0.25) is 0 Å². The number of rotatable bonds is 4. The van der Waals surface area contributed by atoms with E-state index in [2.05, 4.69) is 5.32 Å². The number of hydrogen-bond donors (Lipinski definition) is 1. The van der Waals surface area contributed by atoms with Crippen LogP contribution in [0.15, 0.2) is 36.4 Å². The van der Waals surface area contributed by atoms with Crippen LogP contribution in [0.4, 0.5) is 11.4 Å². The third-order valence-electron chi connectivity index (χ3n) is 2.83. The lowest BCUT2D eigenvalue weighted by molar-refractivity contribution is -0.385. The summed E-state index contributed by atoms with van der Waals surface area (Å²) in [4.78, 5) is 22.6. The minimum Gasteiger partial charge on any atom is -0.490 e. The van der Waals surface area contributed by atoms with Gasteiger partial charge in [-0.3, -0.25) is 14.9 Å². The highest BCUT2D eigenvalue weighted by atomic mass is 127. The second-order valence-electron chi connectivity index (χ2n) is 4.19.